The Bertz CT molecular complexity index is 1190. The summed E-state index contributed by atoms with van der Waals surface area (Å²) in [5, 5.41) is 11.1. The number of rotatable bonds is 6. The van der Waals surface area contributed by atoms with Crippen molar-refractivity contribution in [3.8, 4) is 5.75 Å². The molecule has 32 heavy (non-hydrogen) atoms. The van der Waals surface area contributed by atoms with Crippen LogP contribution in [-0.2, 0) is 16.1 Å². The number of nitrogens with zero attached hydrogens (tertiary/aromatic N) is 1. The number of Topliss-reactive ketones (excluding diaryl/α,β-unsaturated/α-hetero) is 1. The summed E-state index contributed by atoms with van der Waals surface area (Å²) in [4.78, 5) is 27.4. The van der Waals surface area contributed by atoms with E-state index in [4.69, 9.17) is 4.74 Å². The van der Waals surface area contributed by atoms with Crippen molar-refractivity contribution in [1.82, 2.24) is 4.90 Å². The van der Waals surface area contributed by atoms with Crippen LogP contribution in [0.1, 0.15) is 29.7 Å². The average Bonchev–Trinajstić information content (AvgIpc) is 3.05. The molecule has 162 valence electrons. The lowest BCUT2D eigenvalue weighted by Crippen LogP contribution is -2.29. The summed E-state index contributed by atoms with van der Waals surface area (Å²) in [6, 6.07) is 20.6. The highest BCUT2D eigenvalue weighted by molar-refractivity contribution is 6.46. The number of hydrogen-bond donors (Lipinski definition) is 1. The molecule has 0 radical (unpaired) electrons. The Hall–Kier alpha value is -3.93. The van der Waals surface area contributed by atoms with E-state index in [1.807, 2.05) is 37.3 Å². The molecule has 3 aromatic carbocycles. The SMILES string of the molecule is CCOc1cccc(C(O)=C2C(=O)C(=O)N(Cc3ccccc3)C2c2ccccc2F)c1. The molecule has 1 N–H and O–H groups in total. The summed E-state index contributed by atoms with van der Waals surface area (Å²) in [5.41, 5.74) is 1.10. The molecule has 3 aromatic rings. The molecule has 5 nitrogen and oxygen atoms in total. The Morgan fingerprint density at radius 1 is 1.00 bits per heavy atom. The third-order valence-corrected chi connectivity index (χ3v) is 5.35. The van der Waals surface area contributed by atoms with Gasteiger partial charge in [0.25, 0.3) is 11.7 Å². The van der Waals surface area contributed by atoms with Crippen molar-refractivity contribution < 1.29 is 23.8 Å². The van der Waals surface area contributed by atoms with Crippen LogP contribution < -0.4 is 4.74 Å². The second-order valence-electron chi connectivity index (χ2n) is 7.39. The number of likely N-dealkylation sites (tertiary alicyclic amines) is 1. The van der Waals surface area contributed by atoms with E-state index in [0.717, 1.165) is 5.56 Å². The normalized spacial score (nSPS) is 17.6. The van der Waals surface area contributed by atoms with Gasteiger partial charge in [0.2, 0.25) is 0 Å². The minimum Gasteiger partial charge on any atom is -0.507 e. The van der Waals surface area contributed by atoms with E-state index in [1.54, 1.807) is 30.3 Å². The minimum absolute atomic E-state index is 0.0974. The van der Waals surface area contributed by atoms with Crippen LogP contribution in [0.4, 0.5) is 4.39 Å². The highest BCUT2D eigenvalue weighted by atomic mass is 19.1. The summed E-state index contributed by atoms with van der Waals surface area (Å²) in [6.45, 7) is 2.36. The highest BCUT2D eigenvalue weighted by Gasteiger charge is 2.46. The number of ether oxygens (including phenoxy) is 1. The lowest BCUT2D eigenvalue weighted by atomic mass is 9.94. The fourth-order valence-electron chi connectivity index (χ4n) is 3.90. The number of amides is 1. The number of aliphatic hydroxyl groups is 1. The van der Waals surface area contributed by atoms with Gasteiger partial charge in [0.1, 0.15) is 17.3 Å². The fourth-order valence-corrected chi connectivity index (χ4v) is 3.90. The van der Waals surface area contributed by atoms with Crippen LogP contribution in [0.3, 0.4) is 0 Å². The lowest BCUT2D eigenvalue weighted by molar-refractivity contribution is -0.140. The highest BCUT2D eigenvalue weighted by Crippen LogP contribution is 2.41. The van der Waals surface area contributed by atoms with Gasteiger partial charge in [0.15, 0.2) is 0 Å². The van der Waals surface area contributed by atoms with Gasteiger partial charge in [-0.25, -0.2) is 4.39 Å². The monoisotopic (exact) mass is 431 g/mol. The van der Waals surface area contributed by atoms with E-state index >= 15 is 0 Å². The van der Waals surface area contributed by atoms with Gasteiger partial charge in [-0.15, -0.1) is 0 Å². The quantitative estimate of drug-likeness (QED) is 0.344. The van der Waals surface area contributed by atoms with Gasteiger partial charge in [-0.05, 0) is 30.7 Å². The van der Waals surface area contributed by atoms with E-state index in [9.17, 15) is 19.1 Å². The Labute approximate surface area is 185 Å². The summed E-state index contributed by atoms with van der Waals surface area (Å²) in [7, 11) is 0. The molecule has 0 bridgehead atoms. The maximum Gasteiger partial charge on any atom is 0.295 e. The third kappa shape index (κ3) is 3.99. The van der Waals surface area contributed by atoms with E-state index in [2.05, 4.69) is 0 Å². The van der Waals surface area contributed by atoms with Crippen molar-refractivity contribution in [2.75, 3.05) is 6.61 Å². The topological polar surface area (TPSA) is 66.8 Å². The maximum atomic E-state index is 14.8. The Morgan fingerprint density at radius 3 is 2.44 bits per heavy atom. The number of ketones is 1. The molecule has 1 aliphatic rings. The molecule has 1 fully saturated rings. The first-order valence-electron chi connectivity index (χ1n) is 10.3. The number of carbonyl (C=O) groups excluding carboxylic acids is 2. The number of aliphatic hydroxyl groups excluding tert-OH is 1. The van der Waals surface area contributed by atoms with Crippen molar-refractivity contribution in [2.24, 2.45) is 0 Å². The third-order valence-electron chi connectivity index (χ3n) is 5.35. The standard InChI is InChI=1S/C26H22FNO4/c1-2-32-19-12-8-11-18(15-19)24(29)22-23(20-13-6-7-14-21(20)27)28(26(31)25(22)30)16-17-9-4-3-5-10-17/h3-15,23,29H,2,16H2,1H3. The van der Waals surface area contributed by atoms with Crippen LogP contribution in [-0.4, -0.2) is 28.3 Å². The van der Waals surface area contributed by atoms with Gasteiger partial charge in [-0.2, -0.15) is 0 Å². The van der Waals surface area contributed by atoms with Crippen LogP contribution in [0.5, 0.6) is 5.75 Å². The molecule has 0 aromatic heterocycles. The summed E-state index contributed by atoms with van der Waals surface area (Å²) < 4.78 is 20.3. The van der Waals surface area contributed by atoms with Crippen molar-refractivity contribution in [3.63, 3.8) is 0 Å². The molecule has 0 spiro atoms. The Kier molecular flexibility index (Phi) is 6.03. The lowest BCUT2D eigenvalue weighted by Gasteiger charge is -2.25. The van der Waals surface area contributed by atoms with E-state index < -0.39 is 23.5 Å². The minimum atomic E-state index is -1.06. The molecule has 1 heterocycles. The molecule has 1 unspecified atom stereocenters. The van der Waals surface area contributed by atoms with Crippen molar-refractivity contribution in [1.29, 1.82) is 0 Å². The Morgan fingerprint density at radius 2 is 1.72 bits per heavy atom. The molecule has 0 saturated carbocycles. The predicted molar refractivity (Wildman–Crippen MR) is 118 cm³/mol. The van der Waals surface area contributed by atoms with Crippen molar-refractivity contribution in [2.45, 2.75) is 19.5 Å². The van der Waals surface area contributed by atoms with Crippen LogP contribution in [0, 0.1) is 5.82 Å². The van der Waals surface area contributed by atoms with Gasteiger partial charge < -0.3 is 14.7 Å². The van der Waals surface area contributed by atoms with Gasteiger partial charge in [0, 0.05) is 17.7 Å². The molecule has 6 heteroatoms. The molecule has 1 amide bonds. The fraction of sp³-hybridized carbons (Fsp3) is 0.154. The van der Waals surface area contributed by atoms with Gasteiger partial charge in [-0.3, -0.25) is 9.59 Å². The number of halogens is 1. The van der Waals surface area contributed by atoms with Crippen molar-refractivity contribution >= 4 is 17.4 Å². The zero-order valence-corrected chi connectivity index (χ0v) is 17.5. The summed E-state index contributed by atoms with van der Waals surface area (Å²) in [5.74, 6) is -2.06. The zero-order chi connectivity index (χ0) is 22.7. The average molecular weight is 431 g/mol. The molecule has 4 rings (SSSR count). The first kappa shape index (κ1) is 21.3. The predicted octanol–water partition coefficient (Wildman–Crippen LogP) is 4.85. The van der Waals surface area contributed by atoms with Crippen LogP contribution in [0.25, 0.3) is 5.76 Å². The molecule has 1 atom stereocenters. The Balaban J connectivity index is 1.87. The number of benzene rings is 3. The van der Waals surface area contributed by atoms with Gasteiger partial charge in [-0.1, -0.05) is 60.7 Å². The van der Waals surface area contributed by atoms with Gasteiger partial charge >= 0.3 is 0 Å². The molecular formula is C26H22FNO4. The van der Waals surface area contributed by atoms with Crippen LogP contribution in [0.15, 0.2) is 84.4 Å². The van der Waals surface area contributed by atoms with E-state index in [-0.39, 0.29) is 23.4 Å². The molecule has 1 aliphatic heterocycles. The molecule has 1 saturated heterocycles. The second kappa shape index (κ2) is 9.06. The first-order valence-corrected chi connectivity index (χ1v) is 10.3. The number of hydrogen-bond acceptors (Lipinski definition) is 4. The largest absolute Gasteiger partial charge is 0.507 e. The zero-order valence-electron chi connectivity index (χ0n) is 17.5. The smallest absolute Gasteiger partial charge is 0.295 e. The first-order chi connectivity index (χ1) is 15.5. The molecule has 0 aliphatic carbocycles. The van der Waals surface area contributed by atoms with Gasteiger partial charge in [0.05, 0.1) is 18.2 Å². The van der Waals surface area contributed by atoms with Crippen LogP contribution in [0.2, 0.25) is 0 Å². The van der Waals surface area contributed by atoms with Crippen molar-refractivity contribution in [3.05, 3.63) is 107 Å². The summed E-state index contributed by atoms with van der Waals surface area (Å²) >= 11 is 0. The van der Waals surface area contributed by atoms with E-state index in [0.29, 0.717) is 17.9 Å². The number of carbonyl (C=O) groups is 2. The summed E-state index contributed by atoms with van der Waals surface area (Å²) in [6.07, 6.45) is 0. The van der Waals surface area contributed by atoms with E-state index in [1.165, 1.54) is 23.1 Å². The van der Waals surface area contributed by atoms with Crippen LogP contribution >= 0.6 is 0 Å². The molecular weight excluding hydrogens is 409 g/mol. The second-order valence-corrected chi connectivity index (χ2v) is 7.39. The maximum absolute atomic E-state index is 14.8.